The van der Waals surface area contributed by atoms with Crippen molar-refractivity contribution in [2.75, 3.05) is 25.2 Å². The highest BCUT2D eigenvalue weighted by molar-refractivity contribution is 9.10. The van der Waals surface area contributed by atoms with Crippen molar-refractivity contribution in [1.29, 1.82) is 0 Å². The fourth-order valence-electron chi connectivity index (χ4n) is 2.76. The largest absolute Gasteiger partial charge is 0.489 e. The van der Waals surface area contributed by atoms with E-state index in [1.165, 1.54) is 0 Å². The molecule has 1 aromatic carbocycles. The van der Waals surface area contributed by atoms with Crippen LogP contribution in [0.2, 0.25) is 0 Å². The van der Waals surface area contributed by atoms with Crippen LogP contribution in [0.25, 0.3) is 0 Å². The second-order valence-electron chi connectivity index (χ2n) is 6.05. The fourth-order valence-corrected chi connectivity index (χ4v) is 3.28. The molecule has 0 aliphatic carbocycles. The quantitative estimate of drug-likeness (QED) is 0.750. The van der Waals surface area contributed by atoms with Gasteiger partial charge in [-0.15, -0.1) is 0 Å². The van der Waals surface area contributed by atoms with Crippen molar-refractivity contribution in [3.63, 3.8) is 0 Å². The van der Waals surface area contributed by atoms with E-state index < -0.39 is 0 Å². The molecule has 2 heterocycles. The smallest absolute Gasteiger partial charge is 0.147 e. The van der Waals surface area contributed by atoms with E-state index in [1.807, 2.05) is 26.1 Å². The molecule has 0 bridgehead atoms. The van der Waals surface area contributed by atoms with Crippen LogP contribution in [-0.4, -0.2) is 36.3 Å². The number of benzene rings is 1. The van der Waals surface area contributed by atoms with Crippen molar-refractivity contribution in [1.82, 2.24) is 9.97 Å². The molecule has 1 unspecified atom stereocenters. The zero-order valence-corrected chi connectivity index (χ0v) is 15.6. The van der Waals surface area contributed by atoms with E-state index in [4.69, 9.17) is 9.47 Å². The average molecular weight is 392 g/mol. The first kappa shape index (κ1) is 17.2. The fraction of sp³-hybridized carbons (Fsp3) is 0.444. The summed E-state index contributed by atoms with van der Waals surface area (Å²) < 4.78 is 12.7. The molecule has 24 heavy (non-hydrogen) atoms. The van der Waals surface area contributed by atoms with Gasteiger partial charge in [-0.05, 0) is 41.8 Å². The van der Waals surface area contributed by atoms with Gasteiger partial charge in [0.25, 0.3) is 0 Å². The summed E-state index contributed by atoms with van der Waals surface area (Å²) in [6.45, 7) is 4.06. The summed E-state index contributed by atoms with van der Waals surface area (Å²) in [5, 5.41) is 0. The molecule has 0 radical (unpaired) electrons. The Labute approximate surface area is 151 Å². The maximum atomic E-state index is 6.08. The van der Waals surface area contributed by atoms with Gasteiger partial charge in [-0.3, -0.25) is 4.98 Å². The maximum absolute atomic E-state index is 6.08. The number of rotatable bonds is 6. The molecule has 6 heteroatoms. The molecule has 1 aliphatic heterocycles. The number of aromatic nitrogens is 2. The Kier molecular flexibility index (Phi) is 5.68. The number of halogens is 1. The van der Waals surface area contributed by atoms with Crippen molar-refractivity contribution in [3.05, 3.63) is 46.3 Å². The molecule has 1 fully saturated rings. The van der Waals surface area contributed by atoms with Gasteiger partial charge >= 0.3 is 0 Å². The molecule has 0 saturated carbocycles. The van der Waals surface area contributed by atoms with E-state index in [-0.39, 0.29) is 6.10 Å². The summed E-state index contributed by atoms with van der Waals surface area (Å²) in [5.74, 6) is 1.72. The Bertz CT molecular complexity index is 690. The first-order chi connectivity index (χ1) is 11.6. The lowest BCUT2D eigenvalue weighted by atomic mass is 10.2. The lowest BCUT2D eigenvalue weighted by molar-refractivity contribution is 0.0673. The second kappa shape index (κ2) is 7.94. The predicted octanol–water partition coefficient (Wildman–Crippen LogP) is 3.74. The van der Waals surface area contributed by atoms with Gasteiger partial charge in [0, 0.05) is 32.0 Å². The molecular formula is C18H22BrN3O2. The zero-order valence-electron chi connectivity index (χ0n) is 14.0. The van der Waals surface area contributed by atoms with Crippen LogP contribution >= 0.6 is 15.9 Å². The third-order valence-corrected chi connectivity index (χ3v) is 4.65. The topological polar surface area (TPSA) is 47.5 Å². The first-order valence-electron chi connectivity index (χ1n) is 8.15. The molecular weight excluding hydrogens is 370 g/mol. The summed E-state index contributed by atoms with van der Waals surface area (Å²) in [7, 11) is 2.01. The third-order valence-electron chi connectivity index (χ3n) is 4.03. The van der Waals surface area contributed by atoms with Crippen molar-refractivity contribution >= 4 is 21.7 Å². The van der Waals surface area contributed by atoms with Crippen LogP contribution in [0.4, 0.5) is 5.82 Å². The molecule has 1 atom stereocenters. The Morgan fingerprint density at radius 3 is 3.00 bits per heavy atom. The number of aryl methyl sites for hydroxylation is 1. The molecule has 0 amide bonds. The normalized spacial score (nSPS) is 17.0. The van der Waals surface area contributed by atoms with Crippen LogP contribution in [0.5, 0.6) is 5.75 Å². The average Bonchev–Trinajstić information content (AvgIpc) is 3.08. The van der Waals surface area contributed by atoms with E-state index >= 15 is 0 Å². The summed E-state index contributed by atoms with van der Waals surface area (Å²) in [6.07, 6.45) is 5.92. The second-order valence-corrected chi connectivity index (χ2v) is 6.90. The summed E-state index contributed by atoms with van der Waals surface area (Å²) in [4.78, 5) is 10.8. The number of anilines is 1. The van der Waals surface area contributed by atoms with Crippen LogP contribution < -0.4 is 9.64 Å². The van der Waals surface area contributed by atoms with Gasteiger partial charge in [0.05, 0.1) is 22.5 Å². The van der Waals surface area contributed by atoms with E-state index in [2.05, 4.69) is 36.9 Å². The molecule has 0 N–H and O–H groups in total. The Balaban J connectivity index is 1.73. The molecule has 1 saturated heterocycles. The Morgan fingerprint density at radius 2 is 2.25 bits per heavy atom. The number of para-hydroxylation sites is 1. The molecule has 3 rings (SSSR count). The lowest BCUT2D eigenvalue weighted by Gasteiger charge is -2.21. The highest BCUT2D eigenvalue weighted by atomic mass is 79.9. The molecule has 5 nitrogen and oxygen atoms in total. The van der Waals surface area contributed by atoms with Gasteiger partial charge in [0.15, 0.2) is 0 Å². The third kappa shape index (κ3) is 4.24. The van der Waals surface area contributed by atoms with Crippen molar-refractivity contribution in [2.24, 2.45) is 0 Å². The van der Waals surface area contributed by atoms with Crippen LogP contribution in [0.1, 0.15) is 24.1 Å². The monoisotopic (exact) mass is 391 g/mol. The van der Waals surface area contributed by atoms with E-state index in [0.29, 0.717) is 13.2 Å². The molecule has 1 aliphatic rings. The summed E-state index contributed by atoms with van der Waals surface area (Å²) >= 11 is 3.60. The van der Waals surface area contributed by atoms with Gasteiger partial charge in [0.2, 0.25) is 0 Å². The van der Waals surface area contributed by atoms with E-state index in [9.17, 15) is 0 Å². The lowest BCUT2D eigenvalue weighted by Crippen LogP contribution is -2.21. The van der Waals surface area contributed by atoms with Crippen LogP contribution in [-0.2, 0) is 11.3 Å². The van der Waals surface area contributed by atoms with Crippen molar-refractivity contribution < 1.29 is 9.47 Å². The van der Waals surface area contributed by atoms with E-state index in [0.717, 1.165) is 46.7 Å². The minimum atomic E-state index is 0.199. The maximum Gasteiger partial charge on any atom is 0.147 e. The first-order valence-corrected chi connectivity index (χ1v) is 8.94. The SMILES string of the molecule is Cc1cncc(N(C)Cc2cccc(Br)c2OCC2CCCO2)n1. The van der Waals surface area contributed by atoms with Gasteiger partial charge in [0.1, 0.15) is 18.2 Å². The van der Waals surface area contributed by atoms with Gasteiger partial charge < -0.3 is 14.4 Å². The van der Waals surface area contributed by atoms with Crippen LogP contribution in [0.3, 0.4) is 0 Å². The van der Waals surface area contributed by atoms with Gasteiger partial charge in [-0.25, -0.2) is 4.98 Å². The molecule has 0 spiro atoms. The highest BCUT2D eigenvalue weighted by Crippen LogP contribution is 2.31. The highest BCUT2D eigenvalue weighted by Gasteiger charge is 2.18. The van der Waals surface area contributed by atoms with Crippen LogP contribution in [0.15, 0.2) is 35.1 Å². The summed E-state index contributed by atoms with van der Waals surface area (Å²) in [6, 6.07) is 6.10. The minimum Gasteiger partial charge on any atom is -0.489 e. The Hall–Kier alpha value is -1.66. The van der Waals surface area contributed by atoms with E-state index in [1.54, 1.807) is 12.4 Å². The predicted molar refractivity (Wildman–Crippen MR) is 97.5 cm³/mol. The van der Waals surface area contributed by atoms with Crippen LogP contribution in [0, 0.1) is 6.92 Å². The van der Waals surface area contributed by atoms with Crippen molar-refractivity contribution in [2.45, 2.75) is 32.4 Å². The number of hydrogen-bond acceptors (Lipinski definition) is 5. The summed E-state index contributed by atoms with van der Waals surface area (Å²) in [5.41, 5.74) is 2.01. The molecule has 2 aromatic rings. The number of hydrogen-bond donors (Lipinski definition) is 0. The number of ether oxygens (including phenoxy) is 2. The molecule has 128 valence electrons. The molecule has 1 aromatic heterocycles. The van der Waals surface area contributed by atoms with Crippen molar-refractivity contribution in [3.8, 4) is 5.75 Å². The van der Waals surface area contributed by atoms with Gasteiger partial charge in [-0.1, -0.05) is 12.1 Å². The zero-order chi connectivity index (χ0) is 16.9. The minimum absolute atomic E-state index is 0.199. The Morgan fingerprint density at radius 1 is 1.38 bits per heavy atom. The van der Waals surface area contributed by atoms with Gasteiger partial charge in [-0.2, -0.15) is 0 Å². The standard InChI is InChI=1S/C18H22BrN3O2/c1-13-9-20-10-17(21-13)22(2)11-14-5-3-7-16(19)18(14)24-12-15-6-4-8-23-15/h3,5,7,9-10,15H,4,6,8,11-12H2,1-2H3. The number of nitrogens with zero attached hydrogens (tertiary/aromatic N) is 3.